The summed E-state index contributed by atoms with van der Waals surface area (Å²) < 4.78 is 0. The number of tetrazole rings is 1. The average molecular weight is 219 g/mol. The van der Waals surface area contributed by atoms with Crippen molar-refractivity contribution in [1.82, 2.24) is 35.7 Å². The largest absolute Gasteiger partial charge is 0.313 e. The minimum Gasteiger partial charge on any atom is -0.313 e. The minimum absolute atomic E-state index is 0.125. The second-order valence-corrected chi connectivity index (χ2v) is 3.42. The molecule has 0 fully saturated rings. The Labute approximate surface area is 92.9 Å². The molecular weight excluding hydrogens is 206 g/mol. The van der Waals surface area contributed by atoms with Crippen molar-refractivity contribution >= 4 is 0 Å². The predicted molar refractivity (Wildman–Crippen MR) is 56.3 cm³/mol. The molecule has 0 spiro atoms. The molecule has 2 heterocycles. The number of aryl methyl sites for hydroxylation is 1. The van der Waals surface area contributed by atoms with Gasteiger partial charge >= 0.3 is 0 Å². The molecule has 0 saturated heterocycles. The first-order valence-corrected chi connectivity index (χ1v) is 4.96. The Kier molecular flexibility index (Phi) is 3.16. The van der Waals surface area contributed by atoms with Crippen LogP contribution in [0.1, 0.15) is 17.4 Å². The second kappa shape index (κ2) is 4.75. The van der Waals surface area contributed by atoms with Gasteiger partial charge in [-0.25, -0.2) is 0 Å². The topological polar surface area (TPSA) is 81.4 Å². The molecule has 0 aliphatic carbocycles. The van der Waals surface area contributed by atoms with Crippen molar-refractivity contribution in [2.45, 2.75) is 12.5 Å². The van der Waals surface area contributed by atoms with E-state index in [9.17, 15) is 0 Å². The third kappa shape index (κ3) is 2.37. The van der Waals surface area contributed by atoms with Gasteiger partial charge in [-0.15, -0.1) is 10.2 Å². The molecule has 2 rings (SSSR count). The molecule has 0 aliphatic rings. The van der Waals surface area contributed by atoms with Crippen LogP contribution in [-0.4, -0.2) is 37.5 Å². The second-order valence-electron chi connectivity index (χ2n) is 3.42. The molecule has 7 nitrogen and oxygen atoms in total. The zero-order valence-electron chi connectivity index (χ0n) is 9.20. The van der Waals surface area contributed by atoms with Crippen LogP contribution >= 0.6 is 0 Å². The maximum Gasteiger partial charge on any atom is 0.176 e. The van der Waals surface area contributed by atoms with Gasteiger partial charge in [0.1, 0.15) is 0 Å². The lowest BCUT2D eigenvalue weighted by Gasteiger charge is -2.13. The molecule has 2 aromatic heterocycles. The van der Waals surface area contributed by atoms with Gasteiger partial charge in [0.15, 0.2) is 5.82 Å². The number of hydrogen-bond donors (Lipinski definition) is 1. The molecule has 16 heavy (non-hydrogen) atoms. The number of hydrogen-bond acceptors (Lipinski definition) is 6. The summed E-state index contributed by atoms with van der Waals surface area (Å²) in [5.74, 6) is 0.707. The van der Waals surface area contributed by atoms with E-state index in [4.69, 9.17) is 0 Å². The summed E-state index contributed by atoms with van der Waals surface area (Å²) in [5, 5.41) is 22.7. The van der Waals surface area contributed by atoms with Gasteiger partial charge in [0, 0.05) is 18.7 Å². The quantitative estimate of drug-likeness (QED) is 0.746. The van der Waals surface area contributed by atoms with Gasteiger partial charge in [-0.2, -0.15) is 15.0 Å². The summed E-state index contributed by atoms with van der Waals surface area (Å²) in [5.41, 5.74) is 1.06. The van der Waals surface area contributed by atoms with E-state index in [-0.39, 0.29) is 6.04 Å². The van der Waals surface area contributed by atoms with E-state index < -0.39 is 0 Å². The Hall–Kier alpha value is -1.89. The number of rotatable bonds is 4. The van der Waals surface area contributed by atoms with Crippen LogP contribution in [0.5, 0.6) is 0 Å². The van der Waals surface area contributed by atoms with Crippen LogP contribution in [0, 0.1) is 0 Å². The molecule has 0 bridgehead atoms. The normalized spacial score (nSPS) is 12.6. The fourth-order valence-corrected chi connectivity index (χ4v) is 1.48. The molecule has 0 aliphatic heterocycles. The fraction of sp³-hybridized carbons (Fsp3) is 0.444. The Morgan fingerprint density at radius 2 is 2.31 bits per heavy atom. The van der Waals surface area contributed by atoms with Crippen molar-refractivity contribution in [3.05, 3.63) is 29.8 Å². The van der Waals surface area contributed by atoms with Crippen molar-refractivity contribution in [2.24, 2.45) is 7.05 Å². The van der Waals surface area contributed by atoms with E-state index in [1.807, 2.05) is 13.1 Å². The highest BCUT2D eigenvalue weighted by atomic mass is 15.6. The molecule has 0 saturated carbocycles. The van der Waals surface area contributed by atoms with Crippen molar-refractivity contribution in [3.8, 4) is 0 Å². The summed E-state index contributed by atoms with van der Waals surface area (Å²) in [7, 11) is 3.64. The fourth-order valence-electron chi connectivity index (χ4n) is 1.48. The van der Waals surface area contributed by atoms with Crippen LogP contribution in [-0.2, 0) is 13.5 Å². The first-order valence-electron chi connectivity index (χ1n) is 4.96. The van der Waals surface area contributed by atoms with Crippen LogP contribution in [0.15, 0.2) is 18.5 Å². The van der Waals surface area contributed by atoms with Gasteiger partial charge in [0.2, 0.25) is 0 Å². The SMILES string of the molecule is CNC(Cc1nnn(C)n1)c1ccnnc1. The third-order valence-electron chi connectivity index (χ3n) is 2.29. The highest BCUT2D eigenvalue weighted by molar-refractivity contribution is 5.12. The molecule has 0 amide bonds. The van der Waals surface area contributed by atoms with Crippen molar-refractivity contribution in [1.29, 1.82) is 0 Å². The van der Waals surface area contributed by atoms with E-state index >= 15 is 0 Å². The Morgan fingerprint density at radius 1 is 1.44 bits per heavy atom. The molecular formula is C9H13N7. The van der Waals surface area contributed by atoms with E-state index in [0.717, 1.165) is 5.56 Å². The van der Waals surface area contributed by atoms with Crippen LogP contribution in [0.4, 0.5) is 0 Å². The zero-order chi connectivity index (χ0) is 11.4. The Morgan fingerprint density at radius 3 is 2.88 bits per heavy atom. The maximum atomic E-state index is 4.14. The standard InChI is InChI=1S/C9H13N7/c1-10-8(7-3-4-11-12-6-7)5-9-13-15-16(2)14-9/h3-4,6,8,10H,5H2,1-2H3. The zero-order valence-corrected chi connectivity index (χ0v) is 9.20. The summed E-state index contributed by atoms with van der Waals surface area (Å²) in [6, 6.07) is 2.05. The summed E-state index contributed by atoms with van der Waals surface area (Å²) >= 11 is 0. The predicted octanol–water partition coefficient (Wildman–Crippen LogP) is -0.497. The lowest BCUT2D eigenvalue weighted by molar-refractivity contribution is 0.567. The van der Waals surface area contributed by atoms with Gasteiger partial charge in [-0.05, 0) is 23.9 Å². The summed E-state index contributed by atoms with van der Waals surface area (Å²) in [6.45, 7) is 0. The first kappa shape index (κ1) is 10.6. The van der Waals surface area contributed by atoms with Crippen molar-refractivity contribution < 1.29 is 0 Å². The molecule has 2 aromatic rings. The molecule has 1 N–H and O–H groups in total. The molecule has 84 valence electrons. The number of nitrogens with zero attached hydrogens (tertiary/aromatic N) is 6. The van der Waals surface area contributed by atoms with E-state index in [0.29, 0.717) is 12.2 Å². The lowest BCUT2D eigenvalue weighted by Crippen LogP contribution is -2.19. The van der Waals surface area contributed by atoms with E-state index in [1.165, 1.54) is 4.80 Å². The molecule has 7 heteroatoms. The van der Waals surface area contributed by atoms with Gasteiger partial charge in [-0.1, -0.05) is 0 Å². The maximum absolute atomic E-state index is 4.14. The number of aromatic nitrogens is 6. The van der Waals surface area contributed by atoms with Gasteiger partial charge < -0.3 is 5.32 Å². The monoisotopic (exact) mass is 219 g/mol. The van der Waals surface area contributed by atoms with Crippen molar-refractivity contribution in [3.63, 3.8) is 0 Å². The van der Waals surface area contributed by atoms with Crippen LogP contribution in [0.2, 0.25) is 0 Å². The smallest absolute Gasteiger partial charge is 0.176 e. The third-order valence-corrected chi connectivity index (χ3v) is 2.29. The summed E-state index contributed by atoms with van der Waals surface area (Å²) in [6.07, 6.45) is 4.08. The number of nitrogens with one attached hydrogen (secondary N) is 1. The van der Waals surface area contributed by atoms with E-state index in [1.54, 1.807) is 19.4 Å². The Bertz CT molecular complexity index is 438. The first-order chi connectivity index (χ1) is 7.79. The van der Waals surface area contributed by atoms with Gasteiger partial charge in [0.25, 0.3) is 0 Å². The highest BCUT2D eigenvalue weighted by Gasteiger charge is 2.13. The Balaban J connectivity index is 2.12. The molecule has 0 radical (unpaired) electrons. The average Bonchev–Trinajstić information content (AvgIpc) is 2.73. The molecule has 1 atom stereocenters. The minimum atomic E-state index is 0.125. The van der Waals surface area contributed by atoms with Crippen LogP contribution < -0.4 is 5.32 Å². The van der Waals surface area contributed by atoms with Crippen molar-refractivity contribution in [2.75, 3.05) is 7.05 Å². The van der Waals surface area contributed by atoms with Crippen LogP contribution in [0.25, 0.3) is 0 Å². The molecule has 1 unspecified atom stereocenters. The van der Waals surface area contributed by atoms with Gasteiger partial charge in [-0.3, -0.25) is 0 Å². The van der Waals surface area contributed by atoms with E-state index in [2.05, 4.69) is 30.9 Å². The lowest BCUT2D eigenvalue weighted by atomic mass is 10.1. The number of likely N-dealkylation sites (N-methyl/N-ethyl adjacent to an activating group) is 1. The molecule has 0 aromatic carbocycles. The highest BCUT2D eigenvalue weighted by Crippen LogP contribution is 2.13. The summed E-state index contributed by atoms with van der Waals surface area (Å²) in [4.78, 5) is 1.45. The van der Waals surface area contributed by atoms with Crippen LogP contribution in [0.3, 0.4) is 0 Å². The van der Waals surface area contributed by atoms with Gasteiger partial charge in [0.05, 0.1) is 13.2 Å².